The molecule has 6 nitrogen and oxygen atoms in total. The fourth-order valence-electron chi connectivity index (χ4n) is 10.7. The van der Waals surface area contributed by atoms with Gasteiger partial charge in [-0.15, -0.1) is 0 Å². The number of ether oxygens (including phenoxy) is 1. The van der Waals surface area contributed by atoms with Crippen LogP contribution >= 0.6 is 0 Å². The highest BCUT2D eigenvalue weighted by Gasteiger charge is 2.64. The lowest BCUT2D eigenvalue weighted by atomic mass is 9.41. The van der Waals surface area contributed by atoms with Crippen LogP contribution in [0.1, 0.15) is 91.9 Å². The van der Waals surface area contributed by atoms with Gasteiger partial charge in [0.15, 0.2) is 0 Å². The average molecular weight is 520 g/mol. The fourth-order valence-corrected chi connectivity index (χ4v) is 10.7. The van der Waals surface area contributed by atoms with Gasteiger partial charge >= 0.3 is 6.09 Å². The highest BCUT2D eigenvalue weighted by Crippen LogP contribution is 2.69. The third kappa shape index (κ3) is 4.65. The zero-order chi connectivity index (χ0) is 26.5. The van der Waals surface area contributed by atoms with Gasteiger partial charge in [0, 0.05) is 25.6 Å². The van der Waals surface area contributed by atoms with Crippen molar-refractivity contribution in [1.29, 1.82) is 0 Å². The van der Waals surface area contributed by atoms with Crippen molar-refractivity contribution in [2.45, 2.75) is 104 Å². The number of fused-ring (bicyclic) bond motifs is 5. The maximum Gasteiger partial charge on any atom is 0.409 e. The lowest BCUT2D eigenvalue weighted by Crippen LogP contribution is -2.62. The van der Waals surface area contributed by atoms with Crippen LogP contribution in [0.4, 0.5) is 4.79 Å². The molecule has 4 saturated carbocycles. The molecule has 0 spiro atoms. The lowest BCUT2D eigenvalue weighted by Gasteiger charge is -2.64. The number of carbonyl (C=O) groups is 1. The summed E-state index contributed by atoms with van der Waals surface area (Å²) in [6.45, 7) is 11.5. The van der Waals surface area contributed by atoms with Crippen LogP contribution in [0, 0.1) is 58.2 Å². The molecule has 6 heteroatoms. The molecular weight excluding hydrogens is 466 g/mol. The van der Waals surface area contributed by atoms with Crippen LogP contribution < -0.4 is 0 Å². The van der Waals surface area contributed by atoms with Crippen LogP contribution in [0.15, 0.2) is 0 Å². The Morgan fingerprint density at radius 3 is 2.46 bits per heavy atom. The van der Waals surface area contributed by atoms with E-state index in [2.05, 4.69) is 27.7 Å². The second kappa shape index (κ2) is 10.6. The molecule has 1 aliphatic heterocycles. The lowest BCUT2D eigenvalue weighted by molar-refractivity contribution is -0.203. The summed E-state index contributed by atoms with van der Waals surface area (Å²) in [7, 11) is 0. The Labute approximate surface area is 224 Å². The molecule has 3 N–H and O–H groups in total. The van der Waals surface area contributed by atoms with E-state index in [4.69, 9.17) is 4.74 Å². The molecule has 5 rings (SSSR count). The first-order chi connectivity index (χ1) is 17.6. The first-order valence-electron chi connectivity index (χ1n) is 15.5. The summed E-state index contributed by atoms with van der Waals surface area (Å²) >= 11 is 0. The van der Waals surface area contributed by atoms with Crippen LogP contribution in [-0.2, 0) is 4.74 Å². The predicted octanol–water partition coefficient (Wildman–Crippen LogP) is 5.09. The van der Waals surface area contributed by atoms with Gasteiger partial charge < -0.3 is 25.0 Å². The monoisotopic (exact) mass is 519 g/mol. The maximum atomic E-state index is 12.5. The zero-order valence-corrected chi connectivity index (χ0v) is 23.8. The van der Waals surface area contributed by atoms with Crippen molar-refractivity contribution in [3.63, 3.8) is 0 Å². The Morgan fingerprint density at radius 2 is 1.76 bits per heavy atom. The van der Waals surface area contributed by atoms with Crippen LogP contribution in [0.5, 0.6) is 0 Å². The molecule has 37 heavy (non-hydrogen) atoms. The minimum absolute atomic E-state index is 0.138. The van der Waals surface area contributed by atoms with Crippen molar-refractivity contribution in [2.24, 2.45) is 58.2 Å². The highest BCUT2D eigenvalue weighted by molar-refractivity contribution is 5.67. The van der Waals surface area contributed by atoms with E-state index in [9.17, 15) is 20.1 Å². The summed E-state index contributed by atoms with van der Waals surface area (Å²) in [5.41, 5.74) is 0.484. The zero-order valence-electron chi connectivity index (χ0n) is 23.8. The Balaban J connectivity index is 1.24. The van der Waals surface area contributed by atoms with E-state index in [1.807, 2.05) is 0 Å². The van der Waals surface area contributed by atoms with E-state index in [1.165, 1.54) is 25.7 Å². The molecule has 0 aromatic rings. The summed E-state index contributed by atoms with van der Waals surface area (Å²) in [5.74, 6) is 3.54. The van der Waals surface area contributed by atoms with Gasteiger partial charge in [0.2, 0.25) is 0 Å². The van der Waals surface area contributed by atoms with Crippen molar-refractivity contribution >= 4 is 6.09 Å². The number of rotatable bonds is 6. The third-order valence-electron chi connectivity index (χ3n) is 12.8. The second-order valence-electron chi connectivity index (χ2n) is 14.3. The SMILES string of the molecule is CC[C@H]1[C@@H](O)[C@@H]2[C@H](CC[C@]3(C)[C@@H]([C@H](C)CCOC(=O)N4CC[C@H](CO)C4)CC[C@@H]23)[C@@]2(C)CC[C@@H](O)C[C@@H]12. The van der Waals surface area contributed by atoms with Gasteiger partial charge in [0.1, 0.15) is 0 Å². The van der Waals surface area contributed by atoms with Gasteiger partial charge in [-0.1, -0.05) is 34.1 Å². The summed E-state index contributed by atoms with van der Waals surface area (Å²) in [5, 5.41) is 31.7. The number of aliphatic hydroxyl groups is 3. The summed E-state index contributed by atoms with van der Waals surface area (Å²) < 4.78 is 5.68. The number of aliphatic hydroxyl groups excluding tert-OH is 3. The minimum atomic E-state index is -0.249. The van der Waals surface area contributed by atoms with Crippen LogP contribution in [-0.4, -0.2) is 64.8 Å². The van der Waals surface area contributed by atoms with Crippen molar-refractivity contribution in [2.75, 3.05) is 26.3 Å². The van der Waals surface area contributed by atoms with Crippen molar-refractivity contribution in [3.05, 3.63) is 0 Å². The molecule has 1 heterocycles. The fraction of sp³-hybridized carbons (Fsp3) is 0.968. The second-order valence-corrected chi connectivity index (χ2v) is 14.3. The Kier molecular flexibility index (Phi) is 7.95. The number of hydrogen-bond acceptors (Lipinski definition) is 5. The Hall–Kier alpha value is -0.850. The Morgan fingerprint density at radius 1 is 1.03 bits per heavy atom. The van der Waals surface area contributed by atoms with Crippen molar-refractivity contribution in [1.82, 2.24) is 4.90 Å². The standard InChI is InChI=1S/C31H53NO5/c1-5-22-26-16-21(34)8-12-31(26,4)25-9-13-30(3)23(6-7-24(30)27(25)28(22)35)19(2)11-15-37-29(36)32-14-10-20(17-32)18-33/h19-28,33-35H,5-18H2,1-4H3/t19-,20+,21-,22-,23-,24+,25+,26+,27+,28-,30-,31-/m1/s1. The van der Waals surface area contributed by atoms with Crippen molar-refractivity contribution in [3.8, 4) is 0 Å². The normalized spacial score (nSPS) is 48.2. The minimum Gasteiger partial charge on any atom is -0.449 e. The predicted molar refractivity (Wildman–Crippen MR) is 144 cm³/mol. The molecule has 0 aromatic carbocycles. The molecule has 212 valence electrons. The molecule has 0 radical (unpaired) electrons. The topological polar surface area (TPSA) is 90.2 Å². The first-order valence-corrected chi connectivity index (χ1v) is 15.5. The van der Waals surface area contributed by atoms with Crippen LogP contribution in [0.3, 0.4) is 0 Å². The molecule has 1 amide bonds. The maximum absolute atomic E-state index is 12.5. The van der Waals surface area contributed by atoms with Gasteiger partial charge in [0.25, 0.3) is 0 Å². The molecule has 4 aliphatic carbocycles. The molecule has 12 atom stereocenters. The van der Waals surface area contributed by atoms with Gasteiger partial charge in [0.05, 0.1) is 18.8 Å². The molecule has 0 aromatic heterocycles. The van der Waals surface area contributed by atoms with Crippen LogP contribution in [0.2, 0.25) is 0 Å². The number of carbonyl (C=O) groups excluding carboxylic acids is 1. The molecule has 0 unspecified atom stereocenters. The van der Waals surface area contributed by atoms with Gasteiger partial charge in [-0.3, -0.25) is 0 Å². The smallest absolute Gasteiger partial charge is 0.409 e. The number of likely N-dealkylation sites (tertiary alicyclic amines) is 1. The number of nitrogens with zero attached hydrogens (tertiary/aromatic N) is 1. The van der Waals surface area contributed by atoms with E-state index >= 15 is 0 Å². The van der Waals surface area contributed by atoms with E-state index in [0.717, 1.165) is 38.5 Å². The van der Waals surface area contributed by atoms with E-state index < -0.39 is 0 Å². The van der Waals surface area contributed by atoms with Crippen LogP contribution in [0.25, 0.3) is 0 Å². The molecule has 5 aliphatic rings. The van der Waals surface area contributed by atoms with Gasteiger partial charge in [-0.2, -0.15) is 0 Å². The highest BCUT2D eigenvalue weighted by atomic mass is 16.6. The summed E-state index contributed by atoms with van der Waals surface area (Å²) in [6, 6.07) is 0. The third-order valence-corrected chi connectivity index (χ3v) is 12.8. The molecule has 5 fully saturated rings. The summed E-state index contributed by atoms with van der Waals surface area (Å²) in [4.78, 5) is 14.2. The summed E-state index contributed by atoms with van der Waals surface area (Å²) in [6.07, 6.45) is 9.83. The van der Waals surface area contributed by atoms with E-state index in [-0.39, 0.29) is 41.7 Å². The van der Waals surface area contributed by atoms with E-state index in [0.29, 0.717) is 61.1 Å². The molecular formula is C31H53NO5. The van der Waals surface area contributed by atoms with E-state index in [1.54, 1.807) is 4.90 Å². The quantitative estimate of drug-likeness (QED) is 0.455. The van der Waals surface area contributed by atoms with Crippen molar-refractivity contribution < 1.29 is 24.9 Å². The van der Waals surface area contributed by atoms with Gasteiger partial charge in [-0.25, -0.2) is 4.79 Å². The number of amides is 1. The molecule has 0 bridgehead atoms. The largest absolute Gasteiger partial charge is 0.449 e. The number of hydrogen-bond donors (Lipinski definition) is 3. The average Bonchev–Trinajstić information content (AvgIpc) is 3.50. The first kappa shape index (κ1) is 27.7. The molecule has 1 saturated heterocycles. The Bertz CT molecular complexity index is 821. The van der Waals surface area contributed by atoms with Gasteiger partial charge in [-0.05, 0) is 110 Å².